The van der Waals surface area contributed by atoms with Gasteiger partial charge in [-0.15, -0.1) is 0 Å². The summed E-state index contributed by atoms with van der Waals surface area (Å²) in [5.74, 6) is 6.58. The molecule has 0 aromatic heterocycles. The Balaban J connectivity index is 2.19. The lowest BCUT2D eigenvalue weighted by molar-refractivity contribution is 0.0765. The van der Waals surface area contributed by atoms with Gasteiger partial charge < -0.3 is 10.3 Å². The number of nitrogen functional groups attached to an aromatic ring is 1. The molecule has 0 unspecified atom stereocenters. The molecule has 0 saturated carbocycles. The minimum atomic E-state index is 0.0660. The monoisotopic (exact) mass is 293 g/mol. The van der Waals surface area contributed by atoms with E-state index in [9.17, 15) is 4.79 Å². The van der Waals surface area contributed by atoms with Crippen LogP contribution in [0.15, 0.2) is 18.2 Å². The SMILES string of the molecule is Cc1ccc(C(=O)N2CCSC(C)(C)CC2)c(NN)c1. The van der Waals surface area contributed by atoms with Crippen LogP contribution in [0, 0.1) is 6.92 Å². The van der Waals surface area contributed by atoms with E-state index in [-0.39, 0.29) is 10.7 Å². The summed E-state index contributed by atoms with van der Waals surface area (Å²) >= 11 is 1.94. The maximum atomic E-state index is 12.7. The molecule has 0 radical (unpaired) electrons. The van der Waals surface area contributed by atoms with Crippen molar-refractivity contribution in [3.8, 4) is 0 Å². The molecule has 0 bridgehead atoms. The maximum Gasteiger partial charge on any atom is 0.256 e. The third-order valence-electron chi connectivity index (χ3n) is 3.69. The van der Waals surface area contributed by atoms with Crippen LogP contribution < -0.4 is 11.3 Å². The summed E-state index contributed by atoms with van der Waals surface area (Å²) in [7, 11) is 0. The molecule has 20 heavy (non-hydrogen) atoms. The standard InChI is InChI=1S/C15H23N3OS/c1-11-4-5-12(13(10-11)17-16)14(19)18-7-6-15(2,3)20-9-8-18/h4-5,10,17H,6-9,16H2,1-3H3. The number of rotatable bonds is 2. The van der Waals surface area contributed by atoms with E-state index in [0.717, 1.165) is 30.8 Å². The molecule has 3 N–H and O–H groups in total. The number of aryl methyl sites for hydroxylation is 1. The van der Waals surface area contributed by atoms with Gasteiger partial charge in [-0.1, -0.05) is 19.9 Å². The summed E-state index contributed by atoms with van der Waals surface area (Å²) in [6.45, 7) is 8.07. The van der Waals surface area contributed by atoms with Crippen molar-refractivity contribution >= 4 is 23.4 Å². The van der Waals surface area contributed by atoms with Gasteiger partial charge in [-0.05, 0) is 31.0 Å². The third kappa shape index (κ3) is 3.46. The zero-order valence-corrected chi connectivity index (χ0v) is 13.2. The minimum absolute atomic E-state index is 0.0660. The van der Waals surface area contributed by atoms with Crippen LogP contribution >= 0.6 is 11.8 Å². The smallest absolute Gasteiger partial charge is 0.256 e. The second-order valence-corrected chi connectivity index (χ2v) is 7.65. The number of thioether (sulfide) groups is 1. The van der Waals surface area contributed by atoms with Crippen LogP contribution in [0.1, 0.15) is 36.2 Å². The molecule has 1 fully saturated rings. The second kappa shape index (κ2) is 6.06. The number of hydrogen-bond donors (Lipinski definition) is 2. The van der Waals surface area contributed by atoms with E-state index < -0.39 is 0 Å². The number of nitrogens with two attached hydrogens (primary N) is 1. The number of hydrogen-bond acceptors (Lipinski definition) is 4. The Bertz CT molecular complexity index is 502. The summed E-state index contributed by atoms with van der Waals surface area (Å²) < 4.78 is 0.247. The average Bonchev–Trinajstić information content (AvgIpc) is 2.59. The Morgan fingerprint density at radius 1 is 1.40 bits per heavy atom. The van der Waals surface area contributed by atoms with Crippen molar-refractivity contribution in [3.63, 3.8) is 0 Å². The molecule has 1 amide bonds. The van der Waals surface area contributed by atoms with Crippen LogP contribution in [0.2, 0.25) is 0 Å². The van der Waals surface area contributed by atoms with E-state index in [1.165, 1.54) is 0 Å². The van der Waals surface area contributed by atoms with Gasteiger partial charge in [0.2, 0.25) is 0 Å². The molecule has 2 rings (SSSR count). The van der Waals surface area contributed by atoms with E-state index in [2.05, 4.69) is 19.3 Å². The molecule has 1 aromatic carbocycles. The first-order valence-electron chi connectivity index (χ1n) is 6.93. The molecule has 4 nitrogen and oxygen atoms in total. The lowest BCUT2D eigenvalue weighted by atomic mass is 10.1. The highest BCUT2D eigenvalue weighted by Gasteiger charge is 2.27. The molecule has 5 heteroatoms. The van der Waals surface area contributed by atoms with Gasteiger partial charge in [-0.3, -0.25) is 10.6 Å². The van der Waals surface area contributed by atoms with Crippen molar-refractivity contribution in [3.05, 3.63) is 29.3 Å². The molecule has 0 spiro atoms. The summed E-state index contributed by atoms with van der Waals surface area (Å²) in [6, 6.07) is 5.71. The fourth-order valence-corrected chi connectivity index (χ4v) is 3.46. The predicted octanol–water partition coefficient (Wildman–Crippen LogP) is 2.64. The van der Waals surface area contributed by atoms with Gasteiger partial charge in [0.15, 0.2) is 0 Å². The first kappa shape index (κ1) is 15.2. The number of carbonyl (C=O) groups excluding carboxylic acids is 1. The predicted molar refractivity (Wildman–Crippen MR) is 86.0 cm³/mol. The zero-order valence-electron chi connectivity index (χ0n) is 12.4. The van der Waals surface area contributed by atoms with Gasteiger partial charge in [-0.25, -0.2) is 0 Å². The van der Waals surface area contributed by atoms with E-state index in [4.69, 9.17) is 5.84 Å². The average molecular weight is 293 g/mol. The van der Waals surface area contributed by atoms with Gasteiger partial charge >= 0.3 is 0 Å². The molecule has 1 aliphatic heterocycles. The number of anilines is 1. The topological polar surface area (TPSA) is 58.4 Å². The molecule has 1 aliphatic rings. The van der Waals surface area contributed by atoms with Gasteiger partial charge in [0, 0.05) is 23.6 Å². The van der Waals surface area contributed by atoms with E-state index in [1.54, 1.807) is 0 Å². The normalized spacial score (nSPS) is 18.5. The van der Waals surface area contributed by atoms with Crippen LogP contribution in [0.3, 0.4) is 0 Å². The van der Waals surface area contributed by atoms with Crippen LogP contribution in [0.5, 0.6) is 0 Å². The van der Waals surface area contributed by atoms with Crippen molar-refractivity contribution in [2.45, 2.75) is 31.9 Å². The van der Waals surface area contributed by atoms with Crippen molar-refractivity contribution in [2.75, 3.05) is 24.3 Å². The number of hydrazine groups is 1. The van der Waals surface area contributed by atoms with Gasteiger partial charge in [0.05, 0.1) is 11.3 Å². The number of nitrogens with one attached hydrogen (secondary N) is 1. The van der Waals surface area contributed by atoms with Crippen LogP contribution in [0.4, 0.5) is 5.69 Å². The summed E-state index contributed by atoms with van der Waals surface area (Å²) in [4.78, 5) is 14.6. The van der Waals surface area contributed by atoms with Crippen molar-refractivity contribution in [1.29, 1.82) is 0 Å². The Morgan fingerprint density at radius 3 is 2.85 bits per heavy atom. The molecular weight excluding hydrogens is 270 g/mol. The van der Waals surface area contributed by atoms with Gasteiger partial charge in [0.1, 0.15) is 0 Å². The first-order valence-corrected chi connectivity index (χ1v) is 7.92. The van der Waals surface area contributed by atoms with Gasteiger partial charge in [-0.2, -0.15) is 11.8 Å². The highest BCUT2D eigenvalue weighted by Crippen LogP contribution is 2.31. The Kier molecular flexibility index (Phi) is 4.60. The van der Waals surface area contributed by atoms with E-state index >= 15 is 0 Å². The lowest BCUT2D eigenvalue weighted by Crippen LogP contribution is -2.34. The van der Waals surface area contributed by atoms with E-state index in [0.29, 0.717) is 11.3 Å². The third-order valence-corrected chi connectivity index (χ3v) is 5.06. The van der Waals surface area contributed by atoms with Gasteiger partial charge in [0.25, 0.3) is 5.91 Å². The second-order valence-electron chi connectivity index (χ2n) is 5.84. The molecule has 1 heterocycles. The number of carbonyl (C=O) groups is 1. The van der Waals surface area contributed by atoms with Crippen LogP contribution in [-0.2, 0) is 0 Å². The van der Waals surface area contributed by atoms with Crippen LogP contribution in [0.25, 0.3) is 0 Å². The zero-order chi connectivity index (χ0) is 14.8. The largest absolute Gasteiger partial charge is 0.338 e. The van der Waals surface area contributed by atoms with Crippen molar-refractivity contribution in [2.24, 2.45) is 5.84 Å². The molecular formula is C15H23N3OS. The maximum absolute atomic E-state index is 12.7. The fraction of sp³-hybridized carbons (Fsp3) is 0.533. The number of amides is 1. The molecule has 0 atom stereocenters. The lowest BCUT2D eigenvalue weighted by Gasteiger charge is -2.23. The van der Waals surface area contributed by atoms with Crippen molar-refractivity contribution < 1.29 is 4.79 Å². The first-order chi connectivity index (χ1) is 9.43. The summed E-state index contributed by atoms with van der Waals surface area (Å²) in [5.41, 5.74) is 5.08. The molecule has 1 aromatic rings. The number of benzene rings is 1. The number of nitrogens with zero attached hydrogens (tertiary/aromatic N) is 1. The van der Waals surface area contributed by atoms with E-state index in [1.807, 2.05) is 41.8 Å². The quantitative estimate of drug-likeness (QED) is 0.650. The summed E-state index contributed by atoms with van der Waals surface area (Å²) in [6.07, 6.45) is 1.01. The Morgan fingerprint density at radius 2 is 2.15 bits per heavy atom. The minimum Gasteiger partial charge on any atom is -0.338 e. The molecule has 110 valence electrons. The van der Waals surface area contributed by atoms with Crippen LogP contribution in [-0.4, -0.2) is 34.4 Å². The Labute approximate surface area is 125 Å². The highest BCUT2D eigenvalue weighted by molar-refractivity contribution is 8.00. The fourth-order valence-electron chi connectivity index (χ4n) is 2.36. The summed E-state index contributed by atoms with van der Waals surface area (Å²) in [5, 5.41) is 0. The molecule has 0 aliphatic carbocycles. The Hall–Kier alpha value is -1.20. The highest BCUT2D eigenvalue weighted by atomic mass is 32.2. The van der Waals surface area contributed by atoms with Crippen molar-refractivity contribution in [1.82, 2.24) is 4.90 Å². The molecule has 1 saturated heterocycles.